The minimum absolute atomic E-state index is 0.0488. The van der Waals surface area contributed by atoms with Gasteiger partial charge in [-0.25, -0.2) is 0 Å². The zero-order valence-electron chi connectivity index (χ0n) is 21.8. The number of ether oxygens (including phenoxy) is 1. The largest absolute Gasteiger partial charge is 0.492 e. The van der Waals surface area contributed by atoms with E-state index in [2.05, 4.69) is 21.3 Å². The molecular formula is C29H38N4O4. The Kier molecular flexibility index (Phi) is 10.7. The summed E-state index contributed by atoms with van der Waals surface area (Å²) in [6, 6.07) is 15.1. The molecule has 0 aromatic heterocycles. The molecule has 3 amide bonds. The fourth-order valence-corrected chi connectivity index (χ4v) is 4.11. The molecule has 0 saturated heterocycles. The first kappa shape index (κ1) is 27.9. The van der Waals surface area contributed by atoms with Crippen LogP contribution in [0.4, 0.5) is 0 Å². The van der Waals surface area contributed by atoms with Crippen LogP contribution in [-0.4, -0.2) is 55.5 Å². The van der Waals surface area contributed by atoms with Gasteiger partial charge < -0.3 is 26.0 Å². The van der Waals surface area contributed by atoms with Crippen LogP contribution >= 0.6 is 0 Å². The van der Waals surface area contributed by atoms with E-state index in [0.29, 0.717) is 26.1 Å². The van der Waals surface area contributed by atoms with Gasteiger partial charge in [-0.05, 0) is 24.5 Å². The molecule has 0 unspecified atom stereocenters. The van der Waals surface area contributed by atoms with Crippen molar-refractivity contribution in [3.8, 4) is 5.75 Å². The van der Waals surface area contributed by atoms with Crippen molar-refractivity contribution in [2.75, 3.05) is 19.7 Å². The van der Waals surface area contributed by atoms with Gasteiger partial charge in [-0.15, -0.1) is 0 Å². The summed E-state index contributed by atoms with van der Waals surface area (Å²) in [5, 5.41) is 11.8. The van der Waals surface area contributed by atoms with Gasteiger partial charge in [0, 0.05) is 25.1 Å². The Morgan fingerprint density at radius 1 is 0.946 bits per heavy atom. The molecule has 1 heterocycles. The topological polar surface area (TPSA) is 109 Å². The van der Waals surface area contributed by atoms with Gasteiger partial charge in [-0.3, -0.25) is 14.4 Å². The Hall–Kier alpha value is -3.65. The van der Waals surface area contributed by atoms with E-state index in [-0.39, 0.29) is 17.7 Å². The van der Waals surface area contributed by atoms with Crippen LogP contribution < -0.4 is 26.0 Å². The number of carbonyl (C=O) groups excluding carboxylic acids is 3. The van der Waals surface area contributed by atoms with Gasteiger partial charge >= 0.3 is 0 Å². The molecule has 0 saturated carbocycles. The second-order valence-electron chi connectivity index (χ2n) is 9.33. The number of fused-ring (bicyclic) bond motifs is 1. The molecule has 4 atom stereocenters. The molecule has 4 N–H and O–H groups in total. The SMILES string of the molecule is CC[C@H](C)[C@@H]1NCCOc2ccccc2/C=C\CNC(=O)[C@H](Cc2ccccc2)NC(=O)[C@@H](C)NC1=O. The molecule has 0 radical (unpaired) electrons. The van der Waals surface area contributed by atoms with Crippen LogP contribution in [0.1, 0.15) is 38.3 Å². The molecule has 1 aliphatic rings. The van der Waals surface area contributed by atoms with Crippen LogP contribution in [0.3, 0.4) is 0 Å². The number of amides is 3. The van der Waals surface area contributed by atoms with Gasteiger partial charge in [-0.1, -0.05) is 81.0 Å². The monoisotopic (exact) mass is 506 g/mol. The molecule has 0 aliphatic carbocycles. The highest BCUT2D eigenvalue weighted by Crippen LogP contribution is 2.19. The van der Waals surface area contributed by atoms with Crippen LogP contribution in [0.25, 0.3) is 6.08 Å². The summed E-state index contributed by atoms with van der Waals surface area (Å²) >= 11 is 0. The second-order valence-corrected chi connectivity index (χ2v) is 9.33. The van der Waals surface area contributed by atoms with Gasteiger partial charge in [0.1, 0.15) is 24.4 Å². The lowest BCUT2D eigenvalue weighted by Gasteiger charge is -2.26. The molecule has 0 spiro atoms. The van der Waals surface area contributed by atoms with Gasteiger partial charge in [0.25, 0.3) is 0 Å². The molecule has 198 valence electrons. The van der Waals surface area contributed by atoms with Gasteiger partial charge in [0.2, 0.25) is 17.7 Å². The lowest BCUT2D eigenvalue weighted by atomic mass is 9.98. The van der Waals surface area contributed by atoms with Crippen LogP contribution in [-0.2, 0) is 20.8 Å². The quantitative estimate of drug-likeness (QED) is 0.510. The first-order valence-electron chi connectivity index (χ1n) is 12.9. The maximum absolute atomic E-state index is 13.1. The molecular weight excluding hydrogens is 468 g/mol. The van der Waals surface area contributed by atoms with Crippen molar-refractivity contribution in [1.29, 1.82) is 0 Å². The predicted molar refractivity (Wildman–Crippen MR) is 145 cm³/mol. The summed E-state index contributed by atoms with van der Waals surface area (Å²) in [4.78, 5) is 39.2. The Morgan fingerprint density at radius 2 is 1.68 bits per heavy atom. The third-order valence-corrected chi connectivity index (χ3v) is 6.50. The van der Waals surface area contributed by atoms with E-state index in [1.165, 1.54) is 0 Å². The Morgan fingerprint density at radius 3 is 2.43 bits per heavy atom. The number of benzene rings is 2. The summed E-state index contributed by atoms with van der Waals surface area (Å²) in [7, 11) is 0. The number of para-hydroxylation sites is 1. The lowest BCUT2D eigenvalue weighted by molar-refractivity contribution is -0.132. The summed E-state index contributed by atoms with van der Waals surface area (Å²) in [5.41, 5.74) is 1.81. The minimum atomic E-state index is -0.811. The summed E-state index contributed by atoms with van der Waals surface area (Å²) in [5.74, 6) is -0.204. The molecule has 37 heavy (non-hydrogen) atoms. The van der Waals surface area contributed by atoms with Gasteiger partial charge in [0.15, 0.2) is 0 Å². The summed E-state index contributed by atoms with van der Waals surface area (Å²) < 4.78 is 5.98. The van der Waals surface area contributed by atoms with Crippen LogP contribution in [0.15, 0.2) is 60.7 Å². The lowest BCUT2D eigenvalue weighted by Crippen LogP contribution is -2.57. The van der Waals surface area contributed by atoms with Crippen LogP contribution in [0.5, 0.6) is 5.75 Å². The van der Waals surface area contributed by atoms with Gasteiger partial charge in [0.05, 0.1) is 6.04 Å². The van der Waals surface area contributed by atoms with Crippen molar-refractivity contribution in [3.63, 3.8) is 0 Å². The number of rotatable bonds is 4. The van der Waals surface area contributed by atoms with Crippen molar-refractivity contribution >= 4 is 23.8 Å². The average molecular weight is 507 g/mol. The molecule has 2 aromatic carbocycles. The smallest absolute Gasteiger partial charge is 0.243 e. The van der Waals surface area contributed by atoms with E-state index in [4.69, 9.17) is 4.74 Å². The molecule has 1 aliphatic heterocycles. The highest BCUT2D eigenvalue weighted by atomic mass is 16.5. The maximum Gasteiger partial charge on any atom is 0.243 e. The molecule has 0 bridgehead atoms. The van der Waals surface area contributed by atoms with Crippen LogP contribution in [0, 0.1) is 5.92 Å². The average Bonchev–Trinajstić information content (AvgIpc) is 2.90. The van der Waals surface area contributed by atoms with Crippen molar-refractivity contribution in [1.82, 2.24) is 21.3 Å². The van der Waals surface area contributed by atoms with E-state index in [1.54, 1.807) is 6.92 Å². The number of hydrogen-bond acceptors (Lipinski definition) is 5. The Bertz CT molecular complexity index is 1070. The number of carbonyl (C=O) groups is 3. The maximum atomic E-state index is 13.1. The fourth-order valence-electron chi connectivity index (χ4n) is 4.11. The molecule has 3 rings (SSSR count). The normalized spacial score (nSPS) is 23.6. The summed E-state index contributed by atoms with van der Waals surface area (Å²) in [6.07, 6.45) is 4.87. The van der Waals surface area contributed by atoms with E-state index in [1.807, 2.05) is 80.6 Å². The Labute approximate surface area is 219 Å². The zero-order valence-corrected chi connectivity index (χ0v) is 21.8. The highest BCUT2D eigenvalue weighted by Gasteiger charge is 2.28. The van der Waals surface area contributed by atoms with E-state index in [9.17, 15) is 14.4 Å². The first-order valence-corrected chi connectivity index (χ1v) is 12.9. The van der Waals surface area contributed by atoms with Crippen LogP contribution in [0.2, 0.25) is 0 Å². The van der Waals surface area contributed by atoms with Crippen molar-refractivity contribution in [2.45, 2.75) is 51.7 Å². The number of nitrogens with one attached hydrogen (secondary N) is 4. The molecule has 8 heteroatoms. The fraction of sp³-hybridized carbons (Fsp3) is 0.414. The molecule has 8 nitrogen and oxygen atoms in total. The van der Waals surface area contributed by atoms with Crippen molar-refractivity contribution in [3.05, 3.63) is 71.8 Å². The third kappa shape index (κ3) is 8.46. The van der Waals surface area contributed by atoms with E-state index in [0.717, 1.165) is 23.3 Å². The van der Waals surface area contributed by atoms with Crippen molar-refractivity contribution < 1.29 is 19.1 Å². The summed E-state index contributed by atoms with van der Waals surface area (Å²) in [6.45, 7) is 6.77. The highest BCUT2D eigenvalue weighted by molar-refractivity contribution is 5.93. The number of hydrogen-bond donors (Lipinski definition) is 4. The zero-order chi connectivity index (χ0) is 26.6. The second kappa shape index (κ2) is 14.2. The molecule has 2 aromatic rings. The molecule has 0 fully saturated rings. The Balaban J connectivity index is 1.84. The van der Waals surface area contributed by atoms with Gasteiger partial charge in [-0.2, -0.15) is 0 Å². The minimum Gasteiger partial charge on any atom is -0.492 e. The third-order valence-electron chi connectivity index (χ3n) is 6.50. The van der Waals surface area contributed by atoms with E-state index >= 15 is 0 Å². The predicted octanol–water partition coefficient (Wildman–Crippen LogP) is 2.44. The van der Waals surface area contributed by atoms with E-state index < -0.39 is 24.0 Å². The van der Waals surface area contributed by atoms with Crippen molar-refractivity contribution in [2.24, 2.45) is 5.92 Å². The first-order chi connectivity index (χ1) is 17.9. The standard InChI is InChI=1S/C29H38N4O4/c1-4-20(2)26-29(36)32-21(3)27(34)33-24(19-22-11-6-5-7-12-22)28(35)31-16-10-14-23-13-8-9-15-25(23)37-18-17-30-26/h5-15,20-21,24,26,30H,4,16-19H2,1-3H3,(H,31,35)(H,32,36)(H,33,34)/b14-10-/t20-,21+,24-,26-/m0/s1.